The highest BCUT2D eigenvalue weighted by atomic mass is 16.5. The van der Waals surface area contributed by atoms with Crippen LogP contribution in [-0.4, -0.2) is 30.4 Å². The molecule has 0 bridgehead atoms. The van der Waals surface area contributed by atoms with E-state index in [0.29, 0.717) is 6.41 Å². The van der Waals surface area contributed by atoms with Gasteiger partial charge in [-0.05, 0) is 18.5 Å². The first-order valence-corrected chi connectivity index (χ1v) is 4.10. The van der Waals surface area contributed by atoms with Crippen LogP contribution in [0.3, 0.4) is 0 Å². The molecule has 0 unspecified atom stereocenters. The van der Waals surface area contributed by atoms with Gasteiger partial charge in [0.25, 0.3) is 0 Å². The Bertz CT molecular complexity index is 218. The van der Waals surface area contributed by atoms with Crippen LogP contribution in [0, 0.1) is 0 Å². The summed E-state index contributed by atoms with van der Waals surface area (Å²) < 4.78 is 4.74. The van der Waals surface area contributed by atoms with Crippen LogP contribution in [0.25, 0.3) is 0 Å². The standard InChI is InChI=1S/C9H14N2O3/c1-2-11(8-12)6-4-9(13)14-7-3-5-10/h2-3,5,8H,1,4,6-7,10H2. The van der Waals surface area contributed by atoms with Crippen molar-refractivity contribution in [1.29, 1.82) is 0 Å². The SMILES string of the molecule is C=CN(C=O)CCC(=O)OCC=CN. The lowest BCUT2D eigenvalue weighted by Gasteiger charge is -2.09. The number of nitrogens with zero attached hydrogens (tertiary/aromatic N) is 1. The summed E-state index contributed by atoms with van der Waals surface area (Å²) in [4.78, 5) is 22.5. The van der Waals surface area contributed by atoms with Gasteiger partial charge in [-0.1, -0.05) is 6.58 Å². The predicted octanol–water partition coefficient (Wildman–Crippen LogP) is -0.00600. The molecule has 0 aliphatic rings. The minimum atomic E-state index is -0.378. The van der Waals surface area contributed by atoms with Gasteiger partial charge in [-0.3, -0.25) is 9.59 Å². The zero-order valence-corrected chi connectivity index (χ0v) is 7.89. The fraction of sp³-hybridized carbons (Fsp3) is 0.333. The molecule has 5 heteroatoms. The first-order valence-electron chi connectivity index (χ1n) is 4.10. The molecule has 0 aliphatic carbocycles. The molecule has 0 saturated carbocycles. The molecule has 0 rings (SSSR count). The van der Waals surface area contributed by atoms with Gasteiger partial charge in [-0.2, -0.15) is 0 Å². The minimum Gasteiger partial charge on any atom is -0.461 e. The van der Waals surface area contributed by atoms with Crippen LogP contribution in [0.2, 0.25) is 0 Å². The number of ether oxygens (including phenoxy) is 1. The van der Waals surface area contributed by atoms with Gasteiger partial charge < -0.3 is 15.4 Å². The van der Waals surface area contributed by atoms with Crippen molar-refractivity contribution in [2.24, 2.45) is 5.73 Å². The lowest BCUT2D eigenvalue weighted by Crippen LogP contribution is -2.19. The van der Waals surface area contributed by atoms with Gasteiger partial charge in [-0.25, -0.2) is 0 Å². The summed E-state index contributed by atoms with van der Waals surface area (Å²) in [5.74, 6) is -0.378. The summed E-state index contributed by atoms with van der Waals surface area (Å²) in [7, 11) is 0. The topological polar surface area (TPSA) is 72.6 Å². The summed E-state index contributed by atoms with van der Waals surface area (Å²) in [5.41, 5.74) is 5.04. The Labute approximate surface area is 82.8 Å². The second-order valence-corrected chi connectivity index (χ2v) is 2.39. The number of amides is 1. The summed E-state index contributed by atoms with van der Waals surface area (Å²) >= 11 is 0. The Balaban J connectivity index is 3.62. The Morgan fingerprint density at radius 2 is 2.29 bits per heavy atom. The highest BCUT2D eigenvalue weighted by Crippen LogP contribution is 1.91. The van der Waals surface area contributed by atoms with Crippen molar-refractivity contribution in [2.45, 2.75) is 6.42 Å². The molecule has 0 aromatic rings. The molecule has 78 valence electrons. The Morgan fingerprint density at radius 1 is 1.57 bits per heavy atom. The van der Waals surface area contributed by atoms with Crippen LogP contribution in [0.15, 0.2) is 25.1 Å². The van der Waals surface area contributed by atoms with Gasteiger partial charge in [0.1, 0.15) is 6.61 Å². The van der Waals surface area contributed by atoms with Gasteiger partial charge in [0.2, 0.25) is 6.41 Å². The third kappa shape index (κ3) is 5.82. The molecule has 0 aromatic carbocycles. The van der Waals surface area contributed by atoms with E-state index >= 15 is 0 Å². The molecule has 0 saturated heterocycles. The quantitative estimate of drug-likeness (QED) is 0.461. The van der Waals surface area contributed by atoms with Crippen molar-refractivity contribution >= 4 is 12.4 Å². The van der Waals surface area contributed by atoms with E-state index in [0.717, 1.165) is 0 Å². The highest BCUT2D eigenvalue weighted by Gasteiger charge is 2.03. The number of nitrogens with two attached hydrogens (primary N) is 1. The Hall–Kier alpha value is -1.78. The number of esters is 1. The Morgan fingerprint density at radius 3 is 2.79 bits per heavy atom. The van der Waals surface area contributed by atoms with Crippen LogP contribution in [0.5, 0.6) is 0 Å². The van der Waals surface area contributed by atoms with Crippen LogP contribution in [-0.2, 0) is 14.3 Å². The fourth-order valence-electron chi connectivity index (χ4n) is 0.676. The summed E-state index contributed by atoms with van der Waals surface area (Å²) in [6.07, 6.45) is 4.90. The number of carbonyl (C=O) groups excluding carboxylic acids is 2. The van der Waals surface area contributed by atoms with Gasteiger partial charge in [-0.15, -0.1) is 0 Å². The van der Waals surface area contributed by atoms with Crippen LogP contribution < -0.4 is 5.73 Å². The van der Waals surface area contributed by atoms with Crippen molar-refractivity contribution in [1.82, 2.24) is 4.90 Å². The number of hydrogen-bond donors (Lipinski definition) is 1. The fourth-order valence-corrected chi connectivity index (χ4v) is 0.676. The van der Waals surface area contributed by atoms with E-state index in [1.165, 1.54) is 23.4 Å². The van der Waals surface area contributed by atoms with E-state index in [4.69, 9.17) is 10.5 Å². The second-order valence-electron chi connectivity index (χ2n) is 2.39. The Kier molecular flexibility index (Phi) is 6.85. The second kappa shape index (κ2) is 7.85. The van der Waals surface area contributed by atoms with Crippen molar-refractivity contribution in [3.8, 4) is 0 Å². The summed E-state index contributed by atoms with van der Waals surface area (Å²) in [6, 6.07) is 0. The van der Waals surface area contributed by atoms with Crippen molar-refractivity contribution in [3.05, 3.63) is 25.1 Å². The first kappa shape index (κ1) is 12.2. The summed E-state index contributed by atoms with van der Waals surface area (Å²) in [6.45, 7) is 3.83. The highest BCUT2D eigenvalue weighted by molar-refractivity contribution is 5.70. The molecular formula is C9H14N2O3. The van der Waals surface area contributed by atoms with Crippen LogP contribution >= 0.6 is 0 Å². The molecule has 1 amide bonds. The van der Waals surface area contributed by atoms with Gasteiger partial charge in [0.15, 0.2) is 0 Å². The van der Waals surface area contributed by atoms with E-state index in [-0.39, 0.29) is 25.5 Å². The predicted molar refractivity (Wildman–Crippen MR) is 51.9 cm³/mol. The normalized spacial score (nSPS) is 9.71. The molecule has 14 heavy (non-hydrogen) atoms. The third-order valence-corrected chi connectivity index (χ3v) is 1.42. The van der Waals surface area contributed by atoms with Crippen LogP contribution in [0.4, 0.5) is 0 Å². The van der Waals surface area contributed by atoms with Gasteiger partial charge in [0, 0.05) is 6.54 Å². The molecule has 0 spiro atoms. The maximum absolute atomic E-state index is 11.0. The minimum absolute atomic E-state index is 0.142. The monoisotopic (exact) mass is 198 g/mol. The van der Waals surface area contributed by atoms with Crippen molar-refractivity contribution < 1.29 is 14.3 Å². The van der Waals surface area contributed by atoms with Crippen molar-refractivity contribution in [3.63, 3.8) is 0 Å². The zero-order valence-electron chi connectivity index (χ0n) is 7.89. The largest absolute Gasteiger partial charge is 0.461 e. The first-order chi connectivity index (χ1) is 6.74. The zero-order chi connectivity index (χ0) is 10.8. The van der Waals surface area contributed by atoms with Gasteiger partial charge in [0.05, 0.1) is 6.42 Å². The molecular weight excluding hydrogens is 184 g/mol. The number of carbonyl (C=O) groups is 2. The maximum Gasteiger partial charge on any atom is 0.307 e. The number of hydrogen-bond acceptors (Lipinski definition) is 4. The van der Waals surface area contributed by atoms with Gasteiger partial charge >= 0.3 is 5.97 Å². The lowest BCUT2D eigenvalue weighted by atomic mass is 10.4. The number of rotatable bonds is 7. The van der Waals surface area contributed by atoms with E-state index in [9.17, 15) is 9.59 Å². The lowest BCUT2D eigenvalue weighted by molar-refractivity contribution is -0.142. The maximum atomic E-state index is 11.0. The molecule has 2 N–H and O–H groups in total. The smallest absolute Gasteiger partial charge is 0.307 e. The van der Waals surface area contributed by atoms with E-state index in [2.05, 4.69) is 6.58 Å². The molecule has 0 aliphatic heterocycles. The molecule has 0 fully saturated rings. The molecule has 5 nitrogen and oxygen atoms in total. The molecule has 0 radical (unpaired) electrons. The molecule has 0 heterocycles. The van der Waals surface area contributed by atoms with E-state index < -0.39 is 0 Å². The van der Waals surface area contributed by atoms with Crippen molar-refractivity contribution in [2.75, 3.05) is 13.2 Å². The summed E-state index contributed by atoms with van der Waals surface area (Å²) in [5, 5.41) is 0. The average molecular weight is 198 g/mol. The van der Waals surface area contributed by atoms with Crippen LogP contribution in [0.1, 0.15) is 6.42 Å². The molecule has 0 aromatic heterocycles. The molecule has 0 atom stereocenters. The third-order valence-electron chi connectivity index (χ3n) is 1.42. The van der Waals surface area contributed by atoms with E-state index in [1.54, 1.807) is 0 Å². The average Bonchev–Trinajstić information content (AvgIpc) is 2.20. The van der Waals surface area contributed by atoms with E-state index in [1.807, 2.05) is 0 Å².